The lowest BCUT2D eigenvalue weighted by atomic mass is 10.0. The molecule has 0 N–H and O–H groups in total. The molecular formula is C23H27N3O4. The highest BCUT2D eigenvalue weighted by Gasteiger charge is 2.30. The maximum absolute atomic E-state index is 12.6. The Bertz CT molecular complexity index is 838. The molecule has 7 nitrogen and oxygen atoms in total. The van der Waals surface area contributed by atoms with Gasteiger partial charge in [-0.2, -0.15) is 0 Å². The first-order valence-corrected chi connectivity index (χ1v) is 10.4. The van der Waals surface area contributed by atoms with Crippen molar-refractivity contribution in [3.8, 4) is 5.75 Å². The van der Waals surface area contributed by atoms with Crippen molar-refractivity contribution in [3.05, 3.63) is 66.2 Å². The third-order valence-corrected chi connectivity index (χ3v) is 5.61. The maximum atomic E-state index is 12.6. The molecule has 0 saturated carbocycles. The molecule has 2 aliphatic heterocycles. The zero-order valence-electron chi connectivity index (χ0n) is 17.0. The summed E-state index contributed by atoms with van der Waals surface area (Å²) in [4.78, 5) is 29.9. The third kappa shape index (κ3) is 4.91. The van der Waals surface area contributed by atoms with E-state index >= 15 is 0 Å². The topological polar surface area (TPSA) is 62.3 Å². The van der Waals surface area contributed by atoms with Crippen molar-refractivity contribution in [1.82, 2.24) is 14.7 Å². The summed E-state index contributed by atoms with van der Waals surface area (Å²) in [7, 11) is 0. The number of hydrogen-bond acceptors (Lipinski definition) is 5. The van der Waals surface area contributed by atoms with Crippen LogP contribution in [0.3, 0.4) is 0 Å². The monoisotopic (exact) mass is 409 g/mol. The molecule has 0 spiro atoms. The molecule has 2 aromatic rings. The lowest BCUT2D eigenvalue weighted by molar-refractivity contribution is -0.133. The van der Waals surface area contributed by atoms with Crippen molar-refractivity contribution >= 4 is 12.0 Å². The lowest BCUT2D eigenvalue weighted by Crippen LogP contribution is -2.52. The Balaban J connectivity index is 1.36. The van der Waals surface area contributed by atoms with Gasteiger partial charge in [0.1, 0.15) is 25.5 Å². The summed E-state index contributed by atoms with van der Waals surface area (Å²) in [5.74, 6) is 0.829. The Morgan fingerprint density at radius 1 is 0.933 bits per heavy atom. The van der Waals surface area contributed by atoms with E-state index in [1.54, 1.807) is 0 Å². The normalized spacial score (nSPS) is 18.2. The minimum atomic E-state index is -0.399. The summed E-state index contributed by atoms with van der Waals surface area (Å²) < 4.78 is 11.0. The molecule has 1 unspecified atom stereocenters. The summed E-state index contributed by atoms with van der Waals surface area (Å²) in [6.45, 7) is 4.27. The Morgan fingerprint density at radius 2 is 1.60 bits per heavy atom. The zero-order valence-corrected chi connectivity index (χ0v) is 17.0. The number of piperazine rings is 1. The van der Waals surface area contributed by atoms with Gasteiger partial charge in [0.05, 0.1) is 12.6 Å². The van der Waals surface area contributed by atoms with Crippen LogP contribution in [-0.2, 0) is 9.53 Å². The van der Waals surface area contributed by atoms with Gasteiger partial charge in [-0.1, -0.05) is 48.5 Å². The van der Waals surface area contributed by atoms with Crippen molar-refractivity contribution in [2.24, 2.45) is 0 Å². The van der Waals surface area contributed by atoms with E-state index in [9.17, 15) is 9.59 Å². The highest BCUT2D eigenvalue weighted by atomic mass is 16.6. The van der Waals surface area contributed by atoms with Gasteiger partial charge < -0.3 is 14.4 Å². The summed E-state index contributed by atoms with van der Waals surface area (Å²) in [6.07, 6.45) is -0.399. The zero-order chi connectivity index (χ0) is 20.8. The first-order chi connectivity index (χ1) is 14.7. The standard InChI is InChI=1S/C23H27N3O4/c27-22(17-26-15-16-29-23(26)28)25-13-11-24(12-14-25)21(19-7-3-1-4-8-19)18-30-20-9-5-2-6-10-20/h1-10,21H,11-18H2. The predicted molar refractivity (Wildman–Crippen MR) is 112 cm³/mol. The van der Waals surface area contributed by atoms with Crippen LogP contribution in [0.1, 0.15) is 11.6 Å². The largest absolute Gasteiger partial charge is 0.492 e. The van der Waals surface area contributed by atoms with Crippen LogP contribution >= 0.6 is 0 Å². The molecule has 0 bridgehead atoms. The number of nitrogens with zero attached hydrogens (tertiary/aromatic N) is 3. The minimum absolute atomic E-state index is 0.0229. The molecule has 158 valence electrons. The first kappa shape index (κ1) is 20.2. The fourth-order valence-corrected chi connectivity index (χ4v) is 3.90. The molecule has 2 aromatic carbocycles. The molecule has 2 aliphatic rings. The number of hydrogen-bond donors (Lipinski definition) is 0. The van der Waals surface area contributed by atoms with E-state index < -0.39 is 6.09 Å². The van der Waals surface area contributed by atoms with Gasteiger partial charge in [0.25, 0.3) is 0 Å². The van der Waals surface area contributed by atoms with Crippen LogP contribution in [0.2, 0.25) is 0 Å². The summed E-state index contributed by atoms with van der Waals surface area (Å²) >= 11 is 0. The summed E-state index contributed by atoms with van der Waals surface area (Å²) in [6, 6.07) is 20.3. The molecule has 2 heterocycles. The Labute approximate surface area is 176 Å². The minimum Gasteiger partial charge on any atom is -0.492 e. The number of carbonyl (C=O) groups excluding carboxylic acids is 2. The van der Waals surface area contributed by atoms with Crippen molar-refractivity contribution < 1.29 is 19.1 Å². The van der Waals surface area contributed by atoms with E-state index in [1.165, 1.54) is 10.5 Å². The second-order valence-corrected chi connectivity index (χ2v) is 7.50. The molecular weight excluding hydrogens is 382 g/mol. The number of para-hydroxylation sites is 1. The summed E-state index contributed by atoms with van der Waals surface area (Å²) in [5, 5.41) is 0. The van der Waals surface area contributed by atoms with Crippen LogP contribution in [0.25, 0.3) is 0 Å². The lowest BCUT2D eigenvalue weighted by Gasteiger charge is -2.39. The first-order valence-electron chi connectivity index (χ1n) is 10.4. The van der Waals surface area contributed by atoms with Gasteiger partial charge in [-0.05, 0) is 17.7 Å². The number of rotatable bonds is 7. The predicted octanol–water partition coefficient (Wildman–Crippen LogP) is 2.40. The molecule has 4 rings (SSSR count). The molecule has 0 radical (unpaired) electrons. The molecule has 0 aliphatic carbocycles. The van der Waals surface area contributed by atoms with Gasteiger partial charge in [-0.15, -0.1) is 0 Å². The van der Waals surface area contributed by atoms with E-state index in [1.807, 2.05) is 53.4 Å². The van der Waals surface area contributed by atoms with E-state index in [-0.39, 0.29) is 18.5 Å². The average Bonchev–Trinajstić information content (AvgIpc) is 3.20. The quantitative estimate of drug-likeness (QED) is 0.703. The van der Waals surface area contributed by atoms with Crippen molar-refractivity contribution in [3.63, 3.8) is 0 Å². The van der Waals surface area contributed by atoms with Crippen LogP contribution < -0.4 is 4.74 Å². The van der Waals surface area contributed by atoms with Gasteiger partial charge in [0.15, 0.2) is 0 Å². The van der Waals surface area contributed by atoms with E-state index in [4.69, 9.17) is 9.47 Å². The number of carbonyl (C=O) groups is 2. The van der Waals surface area contributed by atoms with Gasteiger partial charge in [-0.3, -0.25) is 14.6 Å². The fraction of sp³-hybridized carbons (Fsp3) is 0.391. The number of amides is 2. The molecule has 2 fully saturated rings. The Morgan fingerprint density at radius 3 is 2.23 bits per heavy atom. The Kier molecular flexibility index (Phi) is 6.49. The summed E-state index contributed by atoms with van der Waals surface area (Å²) in [5.41, 5.74) is 1.20. The molecule has 30 heavy (non-hydrogen) atoms. The van der Waals surface area contributed by atoms with E-state index in [2.05, 4.69) is 17.0 Å². The van der Waals surface area contributed by atoms with E-state index in [0.717, 1.165) is 18.8 Å². The highest BCUT2D eigenvalue weighted by molar-refractivity contribution is 5.83. The maximum Gasteiger partial charge on any atom is 0.410 e. The smallest absolute Gasteiger partial charge is 0.410 e. The van der Waals surface area contributed by atoms with Crippen LogP contribution in [0.4, 0.5) is 4.79 Å². The van der Waals surface area contributed by atoms with Crippen LogP contribution in [0.15, 0.2) is 60.7 Å². The molecule has 1 atom stereocenters. The van der Waals surface area contributed by atoms with Gasteiger partial charge in [0.2, 0.25) is 5.91 Å². The SMILES string of the molecule is O=C(CN1CCOC1=O)N1CCN(C(COc2ccccc2)c2ccccc2)CC1. The van der Waals surface area contributed by atoms with Crippen LogP contribution in [0, 0.1) is 0 Å². The fourth-order valence-electron chi connectivity index (χ4n) is 3.90. The van der Waals surface area contributed by atoms with Crippen molar-refractivity contribution in [2.75, 3.05) is 52.5 Å². The second kappa shape index (κ2) is 9.63. The average molecular weight is 409 g/mol. The molecule has 2 saturated heterocycles. The third-order valence-electron chi connectivity index (χ3n) is 5.61. The van der Waals surface area contributed by atoms with Gasteiger partial charge in [-0.25, -0.2) is 4.79 Å². The number of cyclic esters (lactones) is 1. The van der Waals surface area contributed by atoms with E-state index in [0.29, 0.717) is 32.8 Å². The number of benzene rings is 2. The molecule has 7 heteroatoms. The highest BCUT2D eigenvalue weighted by Crippen LogP contribution is 2.24. The molecule has 0 aromatic heterocycles. The van der Waals surface area contributed by atoms with Crippen molar-refractivity contribution in [1.29, 1.82) is 0 Å². The van der Waals surface area contributed by atoms with Crippen LogP contribution in [0.5, 0.6) is 5.75 Å². The van der Waals surface area contributed by atoms with Gasteiger partial charge in [0, 0.05) is 26.2 Å². The van der Waals surface area contributed by atoms with Gasteiger partial charge >= 0.3 is 6.09 Å². The number of ether oxygens (including phenoxy) is 2. The Hall–Kier alpha value is -3.06. The molecule has 2 amide bonds. The van der Waals surface area contributed by atoms with Crippen LogP contribution in [-0.4, -0.2) is 79.2 Å². The second-order valence-electron chi connectivity index (χ2n) is 7.50. The van der Waals surface area contributed by atoms with Crippen molar-refractivity contribution in [2.45, 2.75) is 6.04 Å².